The van der Waals surface area contributed by atoms with E-state index in [0.717, 1.165) is 23.8 Å². The summed E-state index contributed by atoms with van der Waals surface area (Å²) < 4.78 is 54.3. The van der Waals surface area contributed by atoms with Gasteiger partial charge in [0, 0.05) is 18.9 Å². The number of hydrogen-bond donors (Lipinski definition) is 0. The van der Waals surface area contributed by atoms with Crippen molar-refractivity contribution < 1.29 is 17.2 Å². The summed E-state index contributed by atoms with van der Waals surface area (Å²) in [6.45, 7) is 0.239. The lowest BCUT2D eigenvalue weighted by molar-refractivity contribution is 0.388. The van der Waals surface area contributed by atoms with Crippen LogP contribution in [0.1, 0.15) is 24.4 Å². The molecule has 1 aromatic carbocycles. The van der Waals surface area contributed by atoms with Crippen LogP contribution >= 0.6 is 0 Å². The number of halogens is 2. The van der Waals surface area contributed by atoms with Gasteiger partial charge < -0.3 is 0 Å². The molecule has 0 unspecified atom stereocenters. The maximum atomic E-state index is 13.9. The van der Waals surface area contributed by atoms with Crippen LogP contribution in [0.5, 0.6) is 0 Å². The van der Waals surface area contributed by atoms with Crippen molar-refractivity contribution in [2.24, 2.45) is 0 Å². The fourth-order valence-electron chi connectivity index (χ4n) is 2.79. The molecule has 0 radical (unpaired) electrons. The molecule has 116 valence electrons. The molecule has 1 aliphatic heterocycles. The number of aromatic nitrogens is 1. The molecular weight excluding hydrogens is 310 g/mol. The highest BCUT2D eigenvalue weighted by Crippen LogP contribution is 2.37. The van der Waals surface area contributed by atoms with E-state index in [-0.39, 0.29) is 6.54 Å². The predicted octanol–water partition coefficient (Wildman–Crippen LogP) is 2.89. The van der Waals surface area contributed by atoms with Gasteiger partial charge in [-0.15, -0.1) is 0 Å². The van der Waals surface area contributed by atoms with Gasteiger partial charge in [0.15, 0.2) is 4.90 Å². The summed E-state index contributed by atoms with van der Waals surface area (Å²) in [5.74, 6) is -2.14. The van der Waals surface area contributed by atoms with Gasteiger partial charge in [-0.3, -0.25) is 4.98 Å². The van der Waals surface area contributed by atoms with Crippen molar-refractivity contribution in [3.63, 3.8) is 0 Å². The highest BCUT2D eigenvalue weighted by Gasteiger charge is 2.39. The van der Waals surface area contributed by atoms with Crippen molar-refractivity contribution in [2.45, 2.75) is 23.8 Å². The second-order valence-electron chi connectivity index (χ2n) is 5.11. The quantitative estimate of drug-likeness (QED) is 0.872. The van der Waals surface area contributed by atoms with Crippen LogP contribution in [0.25, 0.3) is 0 Å². The summed E-state index contributed by atoms with van der Waals surface area (Å²) in [7, 11) is -4.23. The highest BCUT2D eigenvalue weighted by atomic mass is 32.2. The molecule has 1 fully saturated rings. The average molecular weight is 324 g/mol. The standard InChI is InChI=1S/C15H14F2N2O2S/c16-12-3-1-4-13(17)15(12)22(20,21)19-10-2-5-14(19)11-6-8-18-9-7-11/h1,3-4,6-9,14H,2,5,10H2/t14-/m0/s1. The van der Waals surface area contributed by atoms with E-state index in [1.807, 2.05) is 0 Å². The zero-order chi connectivity index (χ0) is 15.7. The van der Waals surface area contributed by atoms with Crippen LogP contribution in [0.15, 0.2) is 47.6 Å². The van der Waals surface area contributed by atoms with E-state index in [4.69, 9.17) is 0 Å². The molecule has 1 aliphatic rings. The van der Waals surface area contributed by atoms with Crippen molar-refractivity contribution in [2.75, 3.05) is 6.54 Å². The second kappa shape index (κ2) is 5.73. The van der Waals surface area contributed by atoms with Crippen LogP contribution < -0.4 is 0 Å². The van der Waals surface area contributed by atoms with E-state index in [1.54, 1.807) is 24.5 Å². The smallest absolute Gasteiger partial charge is 0.249 e. The largest absolute Gasteiger partial charge is 0.265 e. The zero-order valence-electron chi connectivity index (χ0n) is 11.6. The summed E-state index contributed by atoms with van der Waals surface area (Å²) >= 11 is 0. The Morgan fingerprint density at radius 2 is 1.73 bits per heavy atom. The van der Waals surface area contributed by atoms with E-state index in [2.05, 4.69) is 4.98 Å². The topological polar surface area (TPSA) is 50.3 Å². The lowest BCUT2D eigenvalue weighted by atomic mass is 10.1. The molecule has 7 heteroatoms. The van der Waals surface area contributed by atoms with Crippen LogP contribution in [0.4, 0.5) is 8.78 Å². The van der Waals surface area contributed by atoms with Crippen molar-refractivity contribution in [3.8, 4) is 0 Å². The molecular formula is C15H14F2N2O2S. The first-order valence-electron chi connectivity index (χ1n) is 6.87. The van der Waals surface area contributed by atoms with Crippen LogP contribution in [-0.4, -0.2) is 24.3 Å². The maximum absolute atomic E-state index is 13.9. The van der Waals surface area contributed by atoms with Crippen LogP contribution in [0.3, 0.4) is 0 Å². The number of rotatable bonds is 3. The summed E-state index contributed by atoms with van der Waals surface area (Å²) in [6.07, 6.45) is 4.39. The van der Waals surface area contributed by atoms with Gasteiger partial charge >= 0.3 is 0 Å². The molecule has 3 rings (SSSR count). The molecule has 0 N–H and O–H groups in total. The minimum Gasteiger partial charge on any atom is -0.265 e. The third-order valence-corrected chi connectivity index (χ3v) is 5.74. The van der Waals surface area contributed by atoms with Crippen LogP contribution in [-0.2, 0) is 10.0 Å². The monoisotopic (exact) mass is 324 g/mol. The van der Waals surface area contributed by atoms with Gasteiger partial charge in [-0.05, 0) is 42.7 Å². The van der Waals surface area contributed by atoms with E-state index in [0.29, 0.717) is 12.8 Å². The number of hydrogen-bond acceptors (Lipinski definition) is 3. The molecule has 1 aromatic heterocycles. The Morgan fingerprint density at radius 1 is 1.09 bits per heavy atom. The third kappa shape index (κ3) is 2.50. The minimum absolute atomic E-state index is 0.239. The summed E-state index contributed by atoms with van der Waals surface area (Å²) in [5.41, 5.74) is 0.771. The number of nitrogens with zero attached hydrogens (tertiary/aromatic N) is 2. The Morgan fingerprint density at radius 3 is 2.36 bits per heavy atom. The first-order valence-corrected chi connectivity index (χ1v) is 8.31. The molecule has 0 bridgehead atoms. The highest BCUT2D eigenvalue weighted by molar-refractivity contribution is 7.89. The summed E-state index contributed by atoms with van der Waals surface area (Å²) in [6, 6.07) is 6.06. The summed E-state index contributed by atoms with van der Waals surface area (Å²) in [5, 5.41) is 0. The van der Waals surface area contributed by atoms with Gasteiger partial charge in [-0.1, -0.05) is 6.07 Å². The number of pyridine rings is 1. The number of benzene rings is 1. The van der Waals surface area contributed by atoms with Crippen molar-refractivity contribution in [3.05, 3.63) is 59.9 Å². The van der Waals surface area contributed by atoms with Gasteiger partial charge in [0.2, 0.25) is 10.0 Å². The fraction of sp³-hybridized carbons (Fsp3) is 0.267. The predicted molar refractivity (Wildman–Crippen MR) is 76.5 cm³/mol. The lowest BCUT2D eigenvalue weighted by Crippen LogP contribution is -2.32. The Hall–Kier alpha value is -1.86. The van der Waals surface area contributed by atoms with Gasteiger partial charge in [0.05, 0.1) is 6.04 Å². The van der Waals surface area contributed by atoms with Crippen molar-refractivity contribution >= 4 is 10.0 Å². The molecule has 0 saturated carbocycles. The normalized spacial score (nSPS) is 19.5. The van der Waals surface area contributed by atoms with Crippen molar-refractivity contribution in [1.82, 2.24) is 9.29 Å². The minimum atomic E-state index is -4.23. The van der Waals surface area contributed by atoms with Crippen LogP contribution in [0.2, 0.25) is 0 Å². The van der Waals surface area contributed by atoms with Crippen molar-refractivity contribution in [1.29, 1.82) is 0 Å². The Balaban J connectivity index is 2.05. The second-order valence-corrected chi connectivity index (χ2v) is 6.93. The lowest BCUT2D eigenvalue weighted by Gasteiger charge is -2.24. The summed E-state index contributed by atoms with van der Waals surface area (Å²) in [4.78, 5) is 3.02. The molecule has 0 amide bonds. The molecule has 22 heavy (non-hydrogen) atoms. The Kier molecular flexibility index (Phi) is 3.92. The van der Waals surface area contributed by atoms with E-state index >= 15 is 0 Å². The van der Waals surface area contributed by atoms with E-state index in [9.17, 15) is 17.2 Å². The molecule has 0 spiro atoms. The van der Waals surface area contributed by atoms with Gasteiger partial charge in [-0.2, -0.15) is 4.31 Å². The Bertz CT molecular complexity index is 761. The number of sulfonamides is 1. The van der Waals surface area contributed by atoms with E-state index in [1.165, 1.54) is 4.31 Å². The molecule has 2 heterocycles. The maximum Gasteiger partial charge on any atom is 0.249 e. The fourth-order valence-corrected chi connectivity index (χ4v) is 4.59. The third-order valence-electron chi connectivity index (χ3n) is 3.78. The first kappa shape index (κ1) is 15.1. The van der Waals surface area contributed by atoms with Gasteiger partial charge in [0.1, 0.15) is 11.6 Å². The van der Waals surface area contributed by atoms with Crippen LogP contribution in [0, 0.1) is 11.6 Å². The first-order chi connectivity index (χ1) is 10.5. The van der Waals surface area contributed by atoms with Gasteiger partial charge in [-0.25, -0.2) is 17.2 Å². The molecule has 2 aromatic rings. The zero-order valence-corrected chi connectivity index (χ0v) is 12.4. The van der Waals surface area contributed by atoms with Gasteiger partial charge in [0.25, 0.3) is 0 Å². The molecule has 4 nitrogen and oxygen atoms in total. The van der Waals surface area contributed by atoms with E-state index < -0.39 is 32.6 Å². The Labute approximate surface area is 127 Å². The molecule has 1 atom stereocenters. The molecule has 1 saturated heterocycles. The SMILES string of the molecule is O=S(=O)(c1c(F)cccc1F)N1CCC[C@H]1c1ccncc1. The molecule has 0 aliphatic carbocycles. The average Bonchev–Trinajstić information content (AvgIpc) is 2.98.